The first kappa shape index (κ1) is 26.8. The van der Waals surface area contributed by atoms with Crippen LogP contribution in [-0.2, 0) is 10.0 Å². The molecule has 4 rings (SSSR count). The second kappa shape index (κ2) is 11.4. The third kappa shape index (κ3) is 6.17. The minimum atomic E-state index is -3.58. The zero-order chi connectivity index (χ0) is 25.9. The summed E-state index contributed by atoms with van der Waals surface area (Å²) in [6, 6.07) is 19.4. The number of aryl methyl sites for hydroxylation is 1. The maximum atomic E-state index is 13.1. The van der Waals surface area contributed by atoms with E-state index in [1.54, 1.807) is 54.6 Å². The molecule has 0 atom stereocenters. The first-order valence-corrected chi connectivity index (χ1v) is 14.4. The number of thiocarbonyl (C=S) groups is 1. The number of piperazine rings is 1. The van der Waals surface area contributed by atoms with E-state index in [1.165, 1.54) is 4.31 Å². The van der Waals surface area contributed by atoms with Crippen LogP contribution in [0.3, 0.4) is 0 Å². The van der Waals surface area contributed by atoms with Gasteiger partial charge in [-0.3, -0.25) is 10.1 Å². The Morgan fingerprint density at radius 1 is 1.00 bits per heavy atom. The molecule has 0 bridgehead atoms. The van der Waals surface area contributed by atoms with Gasteiger partial charge >= 0.3 is 0 Å². The van der Waals surface area contributed by atoms with Crippen molar-refractivity contribution in [1.82, 2.24) is 9.62 Å². The molecule has 188 valence electrons. The minimum Gasteiger partial charge on any atom is -0.366 e. The zero-order valence-electron chi connectivity index (χ0n) is 19.4. The van der Waals surface area contributed by atoms with Gasteiger partial charge in [0.2, 0.25) is 10.0 Å². The molecule has 2 N–H and O–H groups in total. The molecule has 1 amide bonds. The lowest BCUT2D eigenvalue weighted by atomic mass is 10.2. The van der Waals surface area contributed by atoms with Gasteiger partial charge in [0.1, 0.15) is 0 Å². The molecule has 11 heteroatoms. The lowest BCUT2D eigenvalue weighted by Gasteiger charge is -2.36. The lowest BCUT2D eigenvalue weighted by molar-refractivity contribution is 0.0977. The standard InChI is InChI=1S/C25H24ClIN4O3S2/c1-17-8-10-20(11-9-17)36(33,34)31-14-12-30(13-15-31)23-21(26)6-3-7-22(23)28-25(35)29-24(32)18-4-2-5-19(27)16-18/h2-11,16H,12-15H2,1H3,(H2,28,29,32,35). The predicted octanol–water partition coefficient (Wildman–Crippen LogP) is 4.89. The molecular weight excluding hydrogens is 631 g/mol. The molecule has 1 aliphatic rings. The summed E-state index contributed by atoms with van der Waals surface area (Å²) in [4.78, 5) is 14.9. The SMILES string of the molecule is Cc1ccc(S(=O)(=O)N2CCN(c3c(Cl)cccc3NC(=S)NC(=O)c3cccc(I)c3)CC2)cc1. The van der Waals surface area contributed by atoms with Gasteiger partial charge in [-0.25, -0.2) is 8.42 Å². The topological polar surface area (TPSA) is 81.8 Å². The maximum Gasteiger partial charge on any atom is 0.257 e. The number of carbonyl (C=O) groups excluding carboxylic acids is 1. The number of para-hydroxylation sites is 1. The van der Waals surface area contributed by atoms with Gasteiger partial charge in [0, 0.05) is 35.3 Å². The van der Waals surface area contributed by atoms with E-state index >= 15 is 0 Å². The van der Waals surface area contributed by atoms with Crippen LogP contribution in [0.25, 0.3) is 0 Å². The zero-order valence-corrected chi connectivity index (χ0v) is 23.9. The summed E-state index contributed by atoms with van der Waals surface area (Å²) in [5, 5.41) is 6.42. The monoisotopic (exact) mass is 654 g/mol. The summed E-state index contributed by atoms with van der Waals surface area (Å²) in [7, 11) is -3.58. The van der Waals surface area contributed by atoms with Crippen LogP contribution in [0.4, 0.5) is 11.4 Å². The molecule has 0 unspecified atom stereocenters. The van der Waals surface area contributed by atoms with Crippen LogP contribution in [0.5, 0.6) is 0 Å². The molecule has 1 fully saturated rings. The van der Waals surface area contributed by atoms with Gasteiger partial charge in [-0.15, -0.1) is 0 Å². The first-order chi connectivity index (χ1) is 17.1. The van der Waals surface area contributed by atoms with Crippen LogP contribution in [0, 0.1) is 10.5 Å². The van der Waals surface area contributed by atoms with Gasteiger partial charge in [-0.1, -0.05) is 41.4 Å². The number of sulfonamides is 1. The Hall–Kier alpha value is -2.25. The highest BCUT2D eigenvalue weighted by Crippen LogP contribution is 2.35. The van der Waals surface area contributed by atoms with Crippen LogP contribution in [0.1, 0.15) is 15.9 Å². The molecule has 3 aromatic carbocycles. The van der Waals surface area contributed by atoms with Crippen molar-refractivity contribution in [3.8, 4) is 0 Å². The number of amides is 1. The fraction of sp³-hybridized carbons (Fsp3) is 0.200. The number of rotatable bonds is 5. The molecule has 0 spiro atoms. The molecule has 36 heavy (non-hydrogen) atoms. The highest BCUT2D eigenvalue weighted by molar-refractivity contribution is 14.1. The van der Waals surface area contributed by atoms with Crippen molar-refractivity contribution in [1.29, 1.82) is 0 Å². The van der Waals surface area contributed by atoms with E-state index in [2.05, 4.69) is 33.2 Å². The van der Waals surface area contributed by atoms with Crippen molar-refractivity contribution in [2.24, 2.45) is 0 Å². The number of carbonyl (C=O) groups is 1. The molecule has 0 saturated carbocycles. The average Bonchev–Trinajstić information content (AvgIpc) is 2.84. The van der Waals surface area contributed by atoms with E-state index in [0.29, 0.717) is 48.1 Å². The summed E-state index contributed by atoms with van der Waals surface area (Å²) in [5.41, 5.74) is 2.84. The molecule has 0 radical (unpaired) electrons. The van der Waals surface area contributed by atoms with Gasteiger partial charge < -0.3 is 10.2 Å². The number of halogens is 2. The number of nitrogens with one attached hydrogen (secondary N) is 2. The van der Waals surface area contributed by atoms with E-state index in [4.69, 9.17) is 23.8 Å². The molecule has 1 saturated heterocycles. The molecular formula is C25H24ClIN4O3S2. The molecule has 0 aliphatic carbocycles. The lowest BCUT2D eigenvalue weighted by Crippen LogP contribution is -2.49. The molecule has 0 aromatic heterocycles. The average molecular weight is 655 g/mol. The molecule has 1 aliphatic heterocycles. The van der Waals surface area contributed by atoms with E-state index in [-0.39, 0.29) is 15.9 Å². The third-order valence-electron chi connectivity index (χ3n) is 5.76. The number of hydrogen-bond donors (Lipinski definition) is 2. The van der Waals surface area contributed by atoms with E-state index in [9.17, 15) is 13.2 Å². The van der Waals surface area contributed by atoms with Crippen LogP contribution in [-0.4, -0.2) is 49.9 Å². The first-order valence-electron chi connectivity index (χ1n) is 11.1. The minimum absolute atomic E-state index is 0.142. The Morgan fingerprint density at radius 3 is 2.33 bits per heavy atom. The Labute approximate surface area is 235 Å². The molecule has 1 heterocycles. The third-order valence-corrected chi connectivity index (χ3v) is 8.86. The maximum absolute atomic E-state index is 13.1. The van der Waals surface area contributed by atoms with Crippen molar-refractivity contribution in [2.75, 3.05) is 36.4 Å². The largest absolute Gasteiger partial charge is 0.366 e. The Kier molecular flexibility index (Phi) is 8.51. The number of nitrogens with zero attached hydrogens (tertiary/aromatic N) is 2. The second-order valence-corrected chi connectivity index (χ2v) is 12.3. The summed E-state index contributed by atoms with van der Waals surface area (Å²) in [5.74, 6) is -0.315. The van der Waals surface area contributed by atoms with Crippen molar-refractivity contribution < 1.29 is 13.2 Å². The summed E-state index contributed by atoms with van der Waals surface area (Å²) in [6.45, 7) is 3.45. The predicted molar refractivity (Wildman–Crippen MR) is 156 cm³/mol. The number of anilines is 2. The van der Waals surface area contributed by atoms with Crippen LogP contribution < -0.4 is 15.5 Å². The fourth-order valence-corrected chi connectivity index (χ4v) is 6.37. The van der Waals surface area contributed by atoms with E-state index in [1.807, 2.05) is 24.0 Å². The summed E-state index contributed by atoms with van der Waals surface area (Å²) in [6.07, 6.45) is 0. The highest BCUT2D eigenvalue weighted by atomic mass is 127. The fourth-order valence-electron chi connectivity index (χ4n) is 3.91. The second-order valence-electron chi connectivity index (χ2n) is 8.26. The van der Waals surface area contributed by atoms with Gasteiger partial charge in [0.25, 0.3) is 5.91 Å². The summed E-state index contributed by atoms with van der Waals surface area (Å²) < 4.78 is 28.6. The van der Waals surface area contributed by atoms with Crippen LogP contribution >= 0.6 is 46.4 Å². The molecule has 3 aromatic rings. The highest BCUT2D eigenvalue weighted by Gasteiger charge is 2.30. The Morgan fingerprint density at radius 2 is 1.67 bits per heavy atom. The Bertz CT molecular complexity index is 1390. The van der Waals surface area contributed by atoms with Crippen molar-refractivity contribution in [3.05, 3.63) is 86.4 Å². The Balaban J connectivity index is 1.45. The van der Waals surface area contributed by atoms with Crippen molar-refractivity contribution in [2.45, 2.75) is 11.8 Å². The molecule has 7 nitrogen and oxygen atoms in total. The smallest absolute Gasteiger partial charge is 0.257 e. The van der Waals surface area contributed by atoms with Gasteiger partial charge in [-0.2, -0.15) is 4.31 Å². The van der Waals surface area contributed by atoms with E-state index in [0.717, 1.165) is 9.13 Å². The number of hydrogen-bond acceptors (Lipinski definition) is 5. The van der Waals surface area contributed by atoms with Gasteiger partial charge in [0.15, 0.2) is 5.11 Å². The van der Waals surface area contributed by atoms with Gasteiger partial charge in [0.05, 0.1) is 21.3 Å². The van der Waals surface area contributed by atoms with Crippen molar-refractivity contribution >= 4 is 78.8 Å². The summed E-state index contributed by atoms with van der Waals surface area (Å²) >= 11 is 14.1. The van der Waals surface area contributed by atoms with Crippen LogP contribution in [0.15, 0.2) is 71.6 Å². The number of benzene rings is 3. The van der Waals surface area contributed by atoms with Crippen molar-refractivity contribution in [3.63, 3.8) is 0 Å². The van der Waals surface area contributed by atoms with Crippen LogP contribution in [0.2, 0.25) is 5.02 Å². The van der Waals surface area contributed by atoms with Gasteiger partial charge in [-0.05, 0) is 84.2 Å². The van der Waals surface area contributed by atoms with E-state index < -0.39 is 10.0 Å². The quantitative estimate of drug-likeness (QED) is 0.301. The normalized spacial score (nSPS) is 14.4.